The van der Waals surface area contributed by atoms with Crippen molar-refractivity contribution in [3.05, 3.63) is 29.4 Å². The Labute approximate surface area is 225 Å². The summed E-state index contributed by atoms with van der Waals surface area (Å²) in [7, 11) is 0. The Kier molecular flexibility index (Phi) is 11.1. The van der Waals surface area contributed by atoms with Gasteiger partial charge in [0.2, 0.25) is 11.8 Å². The van der Waals surface area contributed by atoms with Gasteiger partial charge in [0.25, 0.3) is 0 Å². The minimum Gasteiger partial charge on any atom is -0.427 e. The molecule has 3 fully saturated rings. The predicted octanol–water partition coefficient (Wildman–Crippen LogP) is 2.45. The molecule has 4 N–H and O–H groups in total. The molecule has 0 radical (unpaired) electrons. The Morgan fingerprint density at radius 1 is 1.14 bits per heavy atom. The minimum atomic E-state index is -0.868. The molecule has 1 saturated carbocycles. The van der Waals surface area contributed by atoms with Crippen LogP contribution < -0.4 is 10.8 Å². The van der Waals surface area contributed by atoms with Gasteiger partial charge < -0.3 is 20.5 Å². The molecule has 1 aromatic heterocycles. The van der Waals surface area contributed by atoms with E-state index in [4.69, 9.17) is 5.41 Å². The highest BCUT2D eigenvalue weighted by atomic mass is 35.5. The lowest BCUT2D eigenvalue weighted by Crippen LogP contribution is -2.75. The molecule has 0 aromatic carbocycles. The van der Waals surface area contributed by atoms with Gasteiger partial charge in [0.1, 0.15) is 11.6 Å². The van der Waals surface area contributed by atoms with Gasteiger partial charge in [-0.15, -0.1) is 24.8 Å². The second-order valence-corrected chi connectivity index (χ2v) is 10.3. The maximum Gasteiger partial charge on any atom is 0.248 e. The number of nitrogens with zero attached hydrogens (tertiary/aromatic N) is 3. The van der Waals surface area contributed by atoms with Crippen LogP contribution in [0, 0.1) is 11.3 Å². The van der Waals surface area contributed by atoms with Crippen molar-refractivity contribution < 1.29 is 19.9 Å². The third-order valence-corrected chi connectivity index (χ3v) is 8.05. The number of halogens is 2. The molecule has 1 aliphatic carbocycles. The number of piperazine rings is 1. The summed E-state index contributed by atoms with van der Waals surface area (Å²) in [5.41, 5.74) is 0.0420. The number of aliphatic hydroxyl groups is 1. The van der Waals surface area contributed by atoms with E-state index >= 15 is 0 Å². The third-order valence-electron chi connectivity index (χ3n) is 8.05. The molecule has 0 unspecified atom stereocenters. The quantitative estimate of drug-likeness (QED) is 0.392. The van der Waals surface area contributed by atoms with Crippen LogP contribution in [0.1, 0.15) is 70.3 Å². The Balaban J connectivity index is 0.00000228. The fourth-order valence-corrected chi connectivity index (χ4v) is 5.92. The Bertz CT molecular complexity index is 945. The van der Waals surface area contributed by atoms with Gasteiger partial charge in [-0.2, -0.15) is 4.73 Å². The normalized spacial score (nSPS) is 23.5. The largest absolute Gasteiger partial charge is 0.427 e. The summed E-state index contributed by atoms with van der Waals surface area (Å²) in [6.45, 7) is 4.50. The van der Waals surface area contributed by atoms with Gasteiger partial charge in [0.05, 0.1) is 12.3 Å². The molecule has 2 atom stereocenters. The lowest BCUT2D eigenvalue weighted by atomic mass is 9.78. The minimum absolute atomic E-state index is 0. The summed E-state index contributed by atoms with van der Waals surface area (Å²) in [6.07, 6.45) is 8.65. The highest BCUT2D eigenvalue weighted by molar-refractivity contribution is 6.00. The second kappa shape index (κ2) is 13.1. The highest BCUT2D eigenvalue weighted by Gasteiger charge is 2.55. The van der Waals surface area contributed by atoms with Crippen LogP contribution in [0.15, 0.2) is 18.3 Å². The molecular weight excluding hydrogens is 505 g/mol. The van der Waals surface area contributed by atoms with Gasteiger partial charge in [0.15, 0.2) is 5.49 Å². The number of unbranched alkanes of at least 4 members (excludes halogenated alkanes) is 1. The zero-order valence-electron chi connectivity index (χ0n) is 21.0. The monoisotopic (exact) mass is 545 g/mol. The maximum absolute atomic E-state index is 13.7. The number of hydrogen-bond acceptors (Lipinski definition) is 6. The number of carbonyl (C=O) groups excluding carboxylic acids is 2. The number of rotatable bonds is 7. The maximum atomic E-state index is 13.7. The van der Waals surface area contributed by atoms with E-state index in [1.165, 1.54) is 12.6 Å². The molecule has 2 amide bonds. The number of carbonyl (C=O) groups is 2. The zero-order valence-corrected chi connectivity index (χ0v) is 22.7. The molecule has 3 heterocycles. The summed E-state index contributed by atoms with van der Waals surface area (Å²) < 4.78 is 0.804. The molecule has 0 bridgehead atoms. The first-order valence-corrected chi connectivity index (χ1v) is 12.8. The van der Waals surface area contributed by atoms with Crippen molar-refractivity contribution in [1.82, 2.24) is 19.8 Å². The average Bonchev–Trinajstić information content (AvgIpc) is 2.85. The van der Waals surface area contributed by atoms with Gasteiger partial charge in [-0.3, -0.25) is 19.9 Å². The van der Waals surface area contributed by atoms with Crippen molar-refractivity contribution in [3.63, 3.8) is 0 Å². The molecule has 36 heavy (non-hydrogen) atoms. The number of piperidine rings is 1. The van der Waals surface area contributed by atoms with Gasteiger partial charge in [-0.05, 0) is 49.7 Å². The van der Waals surface area contributed by atoms with Crippen LogP contribution >= 0.6 is 24.8 Å². The van der Waals surface area contributed by atoms with E-state index in [2.05, 4.69) is 17.1 Å². The fraction of sp³-hybridized carbons (Fsp3) is 0.720. The van der Waals surface area contributed by atoms with Crippen LogP contribution in [0.4, 0.5) is 0 Å². The Hall–Kier alpha value is -1.81. The molecule has 4 rings (SSSR count). The lowest BCUT2D eigenvalue weighted by Gasteiger charge is -2.52. The average molecular weight is 547 g/mol. The van der Waals surface area contributed by atoms with Crippen LogP contribution in [-0.2, 0) is 16.1 Å². The number of likely N-dealkylation sites (tertiary alicyclic amines) is 1. The molecule has 1 spiro atoms. The predicted molar refractivity (Wildman–Crippen MR) is 140 cm³/mol. The van der Waals surface area contributed by atoms with E-state index < -0.39 is 17.7 Å². The number of pyridine rings is 1. The van der Waals surface area contributed by atoms with Gasteiger partial charge in [0, 0.05) is 26.2 Å². The van der Waals surface area contributed by atoms with E-state index in [1.54, 1.807) is 11.0 Å². The van der Waals surface area contributed by atoms with Gasteiger partial charge in [-0.25, -0.2) is 0 Å². The molecule has 9 nitrogen and oxygen atoms in total. The SMILES string of the molecule is CCCCN1C(=O)[C@@H]([C@H](O)C2CCCCC2)NC(=O)C12CCN(Cc1ccc(=N)n(O)c1)CC2.Cl.Cl. The van der Waals surface area contributed by atoms with Crippen LogP contribution in [0.25, 0.3) is 0 Å². The first-order chi connectivity index (χ1) is 16.4. The first kappa shape index (κ1) is 30.4. The van der Waals surface area contributed by atoms with Gasteiger partial charge in [-0.1, -0.05) is 38.7 Å². The van der Waals surface area contributed by atoms with Crippen molar-refractivity contribution >= 4 is 36.6 Å². The van der Waals surface area contributed by atoms with E-state index in [0.29, 0.717) is 39.0 Å². The zero-order chi connectivity index (χ0) is 24.3. The summed E-state index contributed by atoms with van der Waals surface area (Å²) in [5, 5.41) is 31.4. The van der Waals surface area contributed by atoms with Crippen LogP contribution in [0.5, 0.6) is 0 Å². The molecule has 11 heteroatoms. The summed E-state index contributed by atoms with van der Waals surface area (Å²) >= 11 is 0. The summed E-state index contributed by atoms with van der Waals surface area (Å²) in [6, 6.07) is 2.53. The number of amides is 2. The first-order valence-electron chi connectivity index (χ1n) is 12.8. The van der Waals surface area contributed by atoms with Crippen molar-refractivity contribution in [2.24, 2.45) is 5.92 Å². The third kappa shape index (κ3) is 6.18. The molecular formula is C25H41Cl2N5O4. The smallest absolute Gasteiger partial charge is 0.248 e. The Morgan fingerprint density at radius 3 is 2.42 bits per heavy atom. The topological polar surface area (TPSA) is 122 Å². The number of hydrogen-bond donors (Lipinski definition) is 4. The van der Waals surface area contributed by atoms with Crippen LogP contribution in [0.2, 0.25) is 0 Å². The number of nitrogens with one attached hydrogen (secondary N) is 2. The Morgan fingerprint density at radius 2 is 1.81 bits per heavy atom. The lowest BCUT2D eigenvalue weighted by molar-refractivity contribution is -0.166. The fourth-order valence-electron chi connectivity index (χ4n) is 5.92. The molecule has 3 aliphatic rings. The van der Waals surface area contributed by atoms with Crippen molar-refractivity contribution in [1.29, 1.82) is 5.41 Å². The van der Waals surface area contributed by atoms with Crippen LogP contribution in [0.3, 0.4) is 0 Å². The van der Waals surface area contributed by atoms with Crippen LogP contribution in [-0.4, -0.2) is 74.0 Å². The molecule has 2 aliphatic heterocycles. The molecule has 1 aromatic rings. The van der Waals surface area contributed by atoms with Gasteiger partial charge >= 0.3 is 0 Å². The van der Waals surface area contributed by atoms with Crippen molar-refractivity contribution in [3.8, 4) is 0 Å². The van der Waals surface area contributed by atoms with Crippen molar-refractivity contribution in [2.75, 3.05) is 19.6 Å². The second-order valence-electron chi connectivity index (χ2n) is 10.3. The standard InChI is InChI=1S/C25H39N5O4.2ClH/c1-2-3-13-29-23(32)21(22(31)19-7-5-4-6-8-19)27-24(33)25(29)11-14-28(15-12-25)16-18-9-10-20(26)30(34)17-18;;/h9-10,17,19,21-22,26,31,34H,2-8,11-16H2,1H3,(H,27,33);2*1H/t21-,22-;;/m1../s1. The van der Waals surface area contributed by atoms with E-state index in [1.807, 2.05) is 6.07 Å². The van der Waals surface area contributed by atoms with E-state index in [-0.39, 0.29) is 48.0 Å². The van der Waals surface area contributed by atoms with Crippen molar-refractivity contribution in [2.45, 2.75) is 88.9 Å². The summed E-state index contributed by atoms with van der Waals surface area (Å²) in [4.78, 5) is 31.2. The number of aliphatic hydroxyl groups excluding tert-OH is 1. The highest BCUT2D eigenvalue weighted by Crippen LogP contribution is 2.36. The number of aromatic nitrogens is 1. The molecule has 204 valence electrons. The van der Waals surface area contributed by atoms with E-state index in [0.717, 1.165) is 48.8 Å². The van der Waals surface area contributed by atoms with E-state index in [9.17, 15) is 19.9 Å². The summed E-state index contributed by atoms with van der Waals surface area (Å²) in [5.74, 6) is -0.197. The molecule has 2 saturated heterocycles.